The average molecular weight is 485 g/mol. The van der Waals surface area contributed by atoms with E-state index in [1.54, 1.807) is 24.6 Å². The van der Waals surface area contributed by atoms with Crippen LogP contribution in [-0.4, -0.2) is 53.4 Å². The molecule has 33 heavy (non-hydrogen) atoms. The lowest BCUT2D eigenvalue weighted by atomic mass is 9.74. The average Bonchev–Trinajstić information content (AvgIpc) is 3.36. The van der Waals surface area contributed by atoms with Gasteiger partial charge in [0, 0.05) is 34.7 Å². The van der Waals surface area contributed by atoms with Crippen molar-refractivity contribution in [3.8, 4) is 17.6 Å². The molecule has 1 atom stereocenters. The molecule has 1 aliphatic heterocycles. The van der Waals surface area contributed by atoms with E-state index in [1.165, 1.54) is 0 Å². The molecular weight excluding hydrogens is 456 g/mol. The number of halogens is 1. The van der Waals surface area contributed by atoms with Gasteiger partial charge in [0.25, 0.3) is 0 Å². The summed E-state index contributed by atoms with van der Waals surface area (Å²) in [5, 5.41) is 26.7. The minimum atomic E-state index is -0.743. The maximum absolute atomic E-state index is 11.1. The van der Waals surface area contributed by atoms with E-state index < -0.39 is 6.10 Å². The van der Waals surface area contributed by atoms with Crippen molar-refractivity contribution in [2.75, 3.05) is 33.4 Å². The second kappa shape index (κ2) is 10.9. The fraction of sp³-hybridized carbons (Fsp3) is 0.423. The first-order valence-corrected chi connectivity index (χ1v) is 12.5. The van der Waals surface area contributed by atoms with Crippen molar-refractivity contribution in [2.45, 2.75) is 31.8 Å². The van der Waals surface area contributed by atoms with Crippen LogP contribution in [0, 0.1) is 17.3 Å². The number of methoxy groups -OCH3 is 1. The number of nitrogens with zero attached hydrogens (tertiary/aromatic N) is 2. The zero-order valence-electron chi connectivity index (χ0n) is 18.8. The molecule has 3 heterocycles. The van der Waals surface area contributed by atoms with Gasteiger partial charge in [0.15, 0.2) is 0 Å². The van der Waals surface area contributed by atoms with E-state index in [2.05, 4.69) is 27.1 Å². The number of ether oxygens (including phenoxy) is 1. The molecule has 0 amide bonds. The van der Waals surface area contributed by atoms with Crippen molar-refractivity contribution in [1.82, 2.24) is 9.88 Å². The van der Waals surface area contributed by atoms with Crippen LogP contribution in [0.3, 0.4) is 0 Å². The molecule has 0 saturated carbocycles. The third-order valence-electron chi connectivity index (χ3n) is 6.66. The van der Waals surface area contributed by atoms with Gasteiger partial charge in [-0.25, -0.2) is 0 Å². The van der Waals surface area contributed by atoms with Gasteiger partial charge >= 0.3 is 0 Å². The number of benzene rings is 1. The fourth-order valence-electron chi connectivity index (χ4n) is 4.48. The van der Waals surface area contributed by atoms with Gasteiger partial charge in [-0.15, -0.1) is 0 Å². The van der Waals surface area contributed by atoms with Crippen molar-refractivity contribution in [2.24, 2.45) is 5.41 Å². The van der Waals surface area contributed by atoms with Gasteiger partial charge < -0.3 is 14.9 Å². The van der Waals surface area contributed by atoms with Crippen LogP contribution in [0.25, 0.3) is 10.9 Å². The summed E-state index contributed by atoms with van der Waals surface area (Å²) >= 11 is 8.11. The topological polar surface area (TPSA) is 65.8 Å². The van der Waals surface area contributed by atoms with Crippen molar-refractivity contribution in [3.05, 3.63) is 57.4 Å². The number of likely N-dealkylation sites (tertiary alicyclic amines) is 1. The minimum Gasteiger partial charge on any atom is -0.497 e. The number of fused-ring (bicyclic) bond motifs is 1. The van der Waals surface area contributed by atoms with Crippen LogP contribution in [-0.2, 0) is 0 Å². The summed E-state index contributed by atoms with van der Waals surface area (Å²) in [6.45, 7) is 2.64. The van der Waals surface area contributed by atoms with E-state index in [0.29, 0.717) is 22.8 Å². The fourth-order valence-corrected chi connectivity index (χ4v) is 5.35. The lowest BCUT2D eigenvalue weighted by molar-refractivity contribution is 0.0273. The highest BCUT2D eigenvalue weighted by Gasteiger charge is 2.34. The molecule has 174 valence electrons. The highest BCUT2D eigenvalue weighted by molar-refractivity contribution is 7.08. The molecule has 0 aliphatic carbocycles. The van der Waals surface area contributed by atoms with Crippen LogP contribution in [0.4, 0.5) is 0 Å². The molecule has 3 aromatic rings. The standard InChI is InChI=1S/C26H29ClN2O3S/c1-32-20-4-5-23-21(15-20)25(22(27)16-28-23)24(31)6-8-26(18-30)9-12-29(13-10-26)11-2-3-19-7-14-33-17-19/h4-5,7,14-17,24,30-31H,6,8-13,18H2,1H3/t24-/m1/s1. The first-order chi connectivity index (χ1) is 16.0. The SMILES string of the molecule is COc1ccc2ncc(Cl)c([C@H](O)CCC3(CO)CCN(CC#Cc4ccsc4)CC3)c2c1. The van der Waals surface area contributed by atoms with Crippen LogP contribution in [0.15, 0.2) is 41.2 Å². The Labute approximate surface area is 204 Å². The molecule has 2 aromatic heterocycles. The third kappa shape index (κ3) is 5.68. The van der Waals surface area contributed by atoms with E-state index >= 15 is 0 Å². The Morgan fingerprint density at radius 2 is 2.12 bits per heavy atom. The van der Waals surface area contributed by atoms with E-state index in [-0.39, 0.29) is 12.0 Å². The molecule has 1 aliphatic rings. The van der Waals surface area contributed by atoms with Crippen molar-refractivity contribution in [3.63, 3.8) is 0 Å². The van der Waals surface area contributed by atoms with Gasteiger partial charge in [-0.05, 0) is 73.8 Å². The molecule has 1 saturated heterocycles. The molecule has 2 N–H and O–H groups in total. The lowest BCUT2D eigenvalue weighted by Crippen LogP contribution is -2.42. The Hall–Kier alpha value is -2.14. The Kier molecular flexibility index (Phi) is 7.90. The van der Waals surface area contributed by atoms with Crippen LogP contribution >= 0.6 is 22.9 Å². The summed E-state index contributed by atoms with van der Waals surface area (Å²) in [5.41, 5.74) is 2.32. The predicted molar refractivity (Wildman–Crippen MR) is 134 cm³/mol. The minimum absolute atomic E-state index is 0.118. The monoisotopic (exact) mass is 484 g/mol. The number of pyridine rings is 1. The van der Waals surface area contributed by atoms with E-state index in [4.69, 9.17) is 16.3 Å². The molecule has 0 unspecified atom stereocenters. The number of hydrogen-bond donors (Lipinski definition) is 2. The van der Waals surface area contributed by atoms with E-state index in [0.717, 1.165) is 55.4 Å². The molecule has 1 fully saturated rings. The third-order valence-corrected chi connectivity index (χ3v) is 7.64. The Morgan fingerprint density at radius 3 is 2.82 bits per heavy atom. The van der Waals surface area contributed by atoms with Gasteiger partial charge in [-0.3, -0.25) is 9.88 Å². The first kappa shape index (κ1) is 24.0. The molecule has 0 bridgehead atoms. The Balaban J connectivity index is 1.39. The van der Waals surface area contributed by atoms with Crippen LogP contribution in [0.1, 0.15) is 42.9 Å². The maximum atomic E-state index is 11.1. The molecule has 7 heteroatoms. The van der Waals surface area contributed by atoms with Crippen LogP contribution in [0.5, 0.6) is 5.75 Å². The second-order valence-corrected chi connectivity index (χ2v) is 9.89. The number of rotatable bonds is 7. The normalized spacial score (nSPS) is 16.8. The highest BCUT2D eigenvalue weighted by atomic mass is 35.5. The molecule has 4 rings (SSSR count). The number of hydrogen-bond acceptors (Lipinski definition) is 6. The molecule has 0 radical (unpaired) electrons. The zero-order valence-corrected chi connectivity index (χ0v) is 20.3. The van der Waals surface area contributed by atoms with E-state index in [9.17, 15) is 10.2 Å². The second-order valence-electron chi connectivity index (χ2n) is 8.71. The maximum Gasteiger partial charge on any atom is 0.119 e. The van der Waals surface area contributed by atoms with Crippen molar-refractivity contribution >= 4 is 33.8 Å². The Bertz CT molecular complexity index is 1130. The van der Waals surface area contributed by atoms with Gasteiger partial charge in [0.1, 0.15) is 5.75 Å². The van der Waals surface area contributed by atoms with Crippen LogP contribution < -0.4 is 4.74 Å². The molecule has 5 nitrogen and oxygen atoms in total. The summed E-state index contributed by atoms with van der Waals surface area (Å²) in [5.74, 6) is 7.15. The van der Waals surface area contributed by atoms with Gasteiger partial charge in [-0.1, -0.05) is 23.4 Å². The van der Waals surface area contributed by atoms with E-state index in [1.807, 2.05) is 29.6 Å². The van der Waals surface area contributed by atoms with Crippen LogP contribution in [0.2, 0.25) is 5.02 Å². The largest absolute Gasteiger partial charge is 0.497 e. The summed E-state index contributed by atoms with van der Waals surface area (Å²) < 4.78 is 5.35. The van der Waals surface area contributed by atoms with Crippen molar-refractivity contribution < 1.29 is 14.9 Å². The van der Waals surface area contributed by atoms with Crippen molar-refractivity contribution in [1.29, 1.82) is 0 Å². The van der Waals surface area contributed by atoms with Gasteiger partial charge in [-0.2, -0.15) is 11.3 Å². The van der Waals surface area contributed by atoms with Gasteiger partial charge in [0.05, 0.1) is 30.3 Å². The smallest absolute Gasteiger partial charge is 0.119 e. The first-order valence-electron chi connectivity index (χ1n) is 11.2. The predicted octanol–water partition coefficient (Wildman–Crippen LogP) is 4.90. The van der Waals surface area contributed by atoms with Gasteiger partial charge in [0.2, 0.25) is 0 Å². The summed E-state index contributed by atoms with van der Waals surface area (Å²) in [6.07, 6.45) is 3.86. The summed E-state index contributed by atoms with van der Waals surface area (Å²) in [6, 6.07) is 7.61. The summed E-state index contributed by atoms with van der Waals surface area (Å²) in [7, 11) is 1.61. The number of aliphatic hydroxyl groups is 2. The number of piperidine rings is 1. The number of aliphatic hydroxyl groups excluding tert-OH is 2. The quantitative estimate of drug-likeness (QED) is 0.467. The zero-order chi connectivity index (χ0) is 23.3. The number of thiophene rings is 1. The summed E-state index contributed by atoms with van der Waals surface area (Å²) in [4.78, 5) is 6.71. The highest BCUT2D eigenvalue weighted by Crippen LogP contribution is 2.40. The molecular formula is C26H29ClN2O3S. The Morgan fingerprint density at radius 1 is 1.30 bits per heavy atom. The molecule has 0 spiro atoms. The number of aromatic nitrogens is 1. The molecule has 1 aromatic carbocycles. The lowest BCUT2D eigenvalue weighted by Gasteiger charge is -2.40.